The summed E-state index contributed by atoms with van der Waals surface area (Å²) in [6.45, 7) is 6.32. The average Bonchev–Trinajstić information content (AvgIpc) is 3.15. The molecule has 0 saturated carbocycles. The van der Waals surface area contributed by atoms with Crippen LogP contribution in [0.5, 0.6) is 5.75 Å². The van der Waals surface area contributed by atoms with Gasteiger partial charge in [0.05, 0.1) is 18.0 Å². The number of hydrogen-bond acceptors (Lipinski definition) is 4. The summed E-state index contributed by atoms with van der Waals surface area (Å²) in [4.78, 5) is 2.18. The molecule has 168 valence electrons. The fourth-order valence-electron chi connectivity index (χ4n) is 3.44. The molecule has 1 heterocycles. The lowest BCUT2D eigenvalue weighted by molar-refractivity contribution is 0.287. The van der Waals surface area contributed by atoms with Crippen LogP contribution in [0.3, 0.4) is 0 Å². The Labute approximate surface area is 182 Å². The van der Waals surface area contributed by atoms with E-state index >= 15 is 0 Å². The quantitative estimate of drug-likeness (QED) is 0.415. The van der Waals surface area contributed by atoms with Crippen molar-refractivity contribution < 1.29 is 21.9 Å². The molecule has 3 rings (SSSR count). The Bertz CT molecular complexity index is 1030. The number of ether oxygens (including phenoxy) is 1. The van der Waals surface area contributed by atoms with E-state index in [0.717, 1.165) is 54.0 Å². The van der Waals surface area contributed by atoms with Gasteiger partial charge in [-0.1, -0.05) is 6.08 Å². The van der Waals surface area contributed by atoms with E-state index in [1.807, 2.05) is 19.2 Å². The number of hydrogen-bond donors (Lipinski definition) is 1. The zero-order valence-corrected chi connectivity index (χ0v) is 18.3. The minimum atomic E-state index is -4.09. The third kappa shape index (κ3) is 5.95. The predicted molar refractivity (Wildman–Crippen MR) is 119 cm³/mol. The molecule has 6 nitrogen and oxygen atoms in total. The van der Waals surface area contributed by atoms with Gasteiger partial charge in [0.1, 0.15) is 17.4 Å². The standard InChI is InChI=1S/C22H27F2N3O3S/c1-3-11-26(2)12-4-5-14-30-19-7-9-22-17(15-19)10-13-27(22)31(28,29)25-21-16-18(23)6-8-20(21)24/h3,6-9,15-16,25H,1,4-5,10-14H2,2H3. The van der Waals surface area contributed by atoms with Crippen molar-refractivity contribution in [2.75, 3.05) is 42.3 Å². The van der Waals surface area contributed by atoms with Crippen molar-refractivity contribution in [3.05, 3.63) is 66.3 Å². The summed E-state index contributed by atoms with van der Waals surface area (Å²) in [5.74, 6) is -0.888. The summed E-state index contributed by atoms with van der Waals surface area (Å²) < 4.78 is 61.8. The van der Waals surface area contributed by atoms with E-state index in [4.69, 9.17) is 4.74 Å². The second kappa shape index (κ2) is 10.1. The van der Waals surface area contributed by atoms with Gasteiger partial charge in [-0.25, -0.2) is 8.78 Å². The highest BCUT2D eigenvalue weighted by Crippen LogP contribution is 2.34. The van der Waals surface area contributed by atoms with Crippen LogP contribution in [0, 0.1) is 11.6 Å². The van der Waals surface area contributed by atoms with Gasteiger partial charge in [0, 0.05) is 19.2 Å². The summed E-state index contributed by atoms with van der Waals surface area (Å²) in [5.41, 5.74) is 0.906. The van der Waals surface area contributed by atoms with Crippen LogP contribution in [0.25, 0.3) is 0 Å². The van der Waals surface area contributed by atoms with Gasteiger partial charge < -0.3 is 9.64 Å². The van der Waals surface area contributed by atoms with Gasteiger partial charge in [0.2, 0.25) is 0 Å². The van der Waals surface area contributed by atoms with E-state index in [9.17, 15) is 17.2 Å². The molecule has 0 saturated heterocycles. The lowest BCUT2D eigenvalue weighted by Gasteiger charge is -2.21. The SMILES string of the molecule is C=CCN(C)CCCCOc1ccc2c(c1)CCN2S(=O)(=O)Nc1cc(F)ccc1F. The molecule has 0 aliphatic carbocycles. The molecule has 1 aliphatic heterocycles. The van der Waals surface area contributed by atoms with Crippen LogP contribution < -0.4 is 13.8 Å². The first-order valence-electron chi connectivity index (χ1n) is 10.1. The third-order valence-corrected chi connectivity index (χ3v) is 6.44. The molecule has 0 bridgehead atoms. The van der Waals surface area contributed by atoms with E-state index in [1.165, 1.54) is 0 Å². The lowest BCUT2D eigenvalue weighted by Crippen LogP contribution is -2.34. The Morgan fingerprint density at radius 1 is 1.23 bits per heavy atom. The normalized spacial score (nSPS) is 13.4. The predicted octanol–water partition coefficient (Wildman–Crippen LogP) is 3.96. The minimum absolute atomic E-state index is 0.209. The van der Waals surface area contributed by atoms with E-state index in [-0.39, 0.29) is 6.54 Å². The van der Waals surface area contributed by atoms with Crippen LogP contribution in [0.4, 0.5) is 20.2 Å². The van der Waals surface area contributed by atoms with Gasteiger partial charge in [-0.3, -0.25) is 9.03 Å². The summed E-state index contributed by atoms with van der Waals surface area (Å²) in [5, 5.41) is 0. The molecular weight excluding hydrogens is 424 g/mol. The van der Waals surface area contributed by atoms with Gasteiger partial charge in [-0.15, -0.1) is 6.58 Å². The third-order valence-electron chi connectivity index (χ3n) is 5.01. The summed E-state index contributed by atoms with van der Waals surface area (Å²) in [7, 11) is -2.05. The molecule has 31 heavy (non-hydrogen) atoms. The van der Waals surface area contributed by atoms with Gasteiger partial charge in [-0.2, -0.15) is 8.42 Å². The Morgan fingerprint density at radius 3 is 2.81 bits per heavy atom. The highest BCUT2D eigenvalue weighted by Gasteiger charge is 2.30. The number of fused-ring (bicyclic) bond motifs is 1. The Morgan fingerprint density at radius 2 is 2.03 bits per heavy atom. The van der Waals surface area contributed by atoms with Gasteiger partial charge >= 0.3 is 10.2 Å². The molecular formula is C22H27F2N3O3S. The van der Waals surface area contributed by atoms with Crippen molar-refractivity contribution in [2.45, 2.75) is 19.3 Å². The number of rotatable bonds is 11. The first kappa shape index (κ1) is 23.0. The number of unbranched alkanes of at least 4 members (excludes halogenated alkanes) is 1. The average molecular weight is 452 g/mol. The topological polar surface area (TPSA) is 61.9 Å². The zero-order chi connectivity index (χ0) is 22.4. The molecule has 0 spiro atoms. The largest absolute Gasteiger partial charge is 0.494 e. The Balaban J connectivity index is 1.59. The first-order valence-corrected chi connectivity index (χ1v) is 11.5. The monoisotopic (exact) mass is 451 g/mol. The van der Waals surface area contributed by atoms with Crippen LogP contribution >= 0.6 is 0 Å². The van der Waals surface area contributed by atoms with Crippen molar-refractivity contribution >= 4 is 21.6 Å². The molecule has 0 atom stereocenters. The number of anilines is 2. The second-order valence-corrected chi connectivity index (χ2v) is 9.05. The van der Waals surface area contributed by atoms with Crippen LogP contribution in [0.2, 0.25) is 0 Å². The summed E-state index contributed by atoms with van der Waals surface area (Å²) in [6, 6.07) is 7.86. The maximum absolute atomic E-state index is 13.9. The fourth-order valence-corrected chi connectivity index (χ4v) is 4.76. The lowest BCUT2D eigenvalue weighted by atomic mass is 10.1. The molecule has 1 aliphatic rings. The second-order valence-electron chi connectivity index (χ2n) is 7.45. The molecule has 0 aromatic heterocycles. The molecule has 0 fully saturated rings. The van der Waals surface area contributed by atoms with Crippen molar-refractivity contribution in [1.82, 2.24) is 4.90 Å². The van der Waals surface area contributed by atoms with Crippen LogP contribution in [-0.2, 0) is 16.6 Å². The Kier molecular flexibility index (Phi) is 7.50. The van der Waals surface area contributed by atoms with Crippen LogP contribution in [0.1, 0.15) is 18.4 Å². The number of nitrogens with one attached hydrogen (secondary N) is 1. The molecule has 9 heteroatoms. The zero-order valence-electron chi connectivity index (χ0n) is 17.5. The van der Waals surface area contributed by atoms with Crippen molar-refractivity contribution in [1.29, 1.82) is 0 Å². The smallest absolute Gasteiger partial charge is 0.324 e. The maximum Gasteiger partial charge on any atom is 0.324 e. The molecule has 2 aromatic rings. The van der Waals surface area contributed by atoms with Gasteiger partial charge in [0.15, 0.2) is 0 Å². The molecule has 0 amide bonds. The molecule has 1 N–H and O–H groups in total. The van der Waals surface area contributed by atoms with Crippen molar-refractivity contribution in [3.8, 4) is 5.75 Å². The van der Waals surface area contributed by atoms with Crippen LogP contribution in [0.15, 0.2) is 49.1 Å². The van der Waals surface area contributed by atoms with Gasteiger partial charge in [-0.05, 0) is 68.8 Å². The van der Waals surface area contributed by atoms with E-state index < -0.39 is 27.5 Å². The number of benzene rings is 2. The molecule has 0 unspecified atom stereocenters. The number of halogens is 2. The number of likely N-dealkylation sites (N-methyl/N-ethyl adjacent to an activating group) is 1. The summed E-state index contributed by atoms with van der Waals surface area (Å²) in [6.07, 6.45) is 4.28. The molecule has 0 radical (unpaired) electrons. The van der Waals surface area contributed by atoms with E-state index in [1.54, 1.807) is 12.1 Å². The molecule has 2 aromatic carbocycles. The Hall–Kier alpha value is -2.65. The van der Waals surface area contributed by atoms with Gasteiger partial charge in [0.25, 0.3) is 0 Å². The van der Waals surface area contributed by atoms with E-state index in [0.29, 0.717) is 24.5 Å². The van der Waals surface area contributed by atoms with Crippen molar-refractivity contribution in [3.63, 3.8) is 0 Å². The fraction of sp³-hybridized carbons (Fsp3) is 0.364. The van der Waals surface area contributed by atoms with E-state index in [2.05, 4.69) is 16.2 Å². The van der Waals surface area contributed by atoms with Crippen molar-refractivity contribution in [2.24, 2.45) is 0 Å². The van der Waals surface area contributed by atoms with Crippen LogP contribution in [-0.4, -0.2) is 46.6 Å². The maximum atomic E-state index is 13.9. The highest BCUT2D eigenvalue weighted by molar-refractivity contribution is 7.94. The highest BCUT2D eigenvalue weighted by atomic mass is 32.2. The number of nitrogens with zero attached hydrogens (tertiary/aromatic N) is 2. The first-order chi connectivity index (χ1) is 14.8. The summed E-state index contributed by atoms with van der Waals surface area (Å²) >= 11 is 0. The minimum Gasteiger partial charge on any atom is -0.494 e.